The molecule has 0 aliphatic carbocycles. The first-order valence-corrected chi connectivity index (χ1v) is 9.95. The molecule has 138 valence electrons. The van der Waals surface area contributed by atoms with Gasteiger partial charge in [-0.15, -0.1) is 0 Å². The number of hydrogen-bond donors (Lipinski definition) is 1. The van der Waals surface area contributed by atoms with E-state index < -0.39 is 28.3 Å². The molecule has 0 atom stereocenters. The second-order valence-corrected chi connectivity index (χ2v) is 7.86. The van der Waals surface area contributed by atoms with Gasteiger partial charge in [-0.3, -0.25) is 4.79 Å². The SMILES string of the molecule is Cc1ccccc1CCNC(=O)COC(=O)c1ccccc1S(C)(=O)=O. The zero-order valence-corrected chi connectivity index (χ0v) is 15.5. The molecule has 0 unspecified atom stereocenters. The maximum atomic E-state index is 12.1. The highest BCUT2D eigenvalue weighted by atomic mass is 32.2. The first-order chi connectivity index (χ1) is 12.3. The van der Waals surface area contributed by atoms with E-state index in [2.05, 4.69) is 5.32 Å². The Bertz CT molecular complexity index is 906. The summed E-state index contributed by atoms with van der Waals surface area (Å²) in [6.45, 7) is 1.95. The van der Waals surface area contributed by atoms with Gasteiger partial charge in [-0.05, 0) is 36.6 Å². The highest BCUT2D eigenvalue weighted by Gasteiger charge is 2.19. The van der Waals surface area contributed by atoms with Crippen molar-refractivity contribution < 1.29 is 22.7 Å². The number of amides is 1. The van der Waals surface area contributed by atoms with E-state index in [1.165, 1.54) is 24.3 Å². The van der Waals surface area contributed by atoms with Gasteiger partial charge in [-0.1, -0.05) is 36.4 Å². The number of hydrogen-bond acceptors (Lipinski definition) is 5. The molecule has 0 fully saturated rings. The number of sulfone groups is 1. The minimum absolute atomic E-state index is 0.0808. The number of rotatable bonds is 7. The van der Waals surface area contributed by atoms with Crippen LogP contribution in [0.15, 0.2) is 53.4 Å². The highest BCUT2D eigenvalue weighted by molar-refractivity contribution is 7.90. The molecular formula is C19H21NO5S. The van der Waals surface area contributed by atoms with Crippen LogP contribution in [0.3, 0.4) is 0 Å². The van der Waals surface area contributed by atoms with Crippen LogP contribution < -0.4 is 5.32 Å². The van der Waals surface area contributed by atoms with Gasteiger partial charge in [0.25, 0.3) is 5.91 Å². The molecule has 0 spiro atoms. The van der Waals surface area contributed by atoms with E-state index in [1.54, 1.807) is 0 Å². The third kappa shape index (κ3) is 5.42. The van der Waals surface area contributed by atoms with E-state index in [1.807, 2.05) is 31.2 Å². The number of aryl methyl sites for hydroxylation is 1. The van der Waals surface area contributed by atoms with Crippen molar-refractivity contribution in [3.05, 3.63) is 65.2 Å². The lowest BCUT2D eigenvalue weighted by Gasteiger charge is -2.09. The Hall–Kier alpha value is -2.67. The molecule has 0 saturated carbocycles. The van der Waals surface area contributed by atoms with E-state index in [4.69, 9.17) is 4.74 Å². The monoisotopic (exact) mass is 375 g/mol. The molecule has 6 nitrogen and oxygen atoms in total. The topological polar surface area (TPSA) is 89.5 Å². The molecule has 1 amide bonds. The molecule has 0 aliphatic heterocycles. The predicted molar refractivity (Wildman–Crippen MR) is 97.7 cm³/mol. The van der Waals surface area contributed by atoms with Gasteiger partial charge >= 0.3 is 5.97 Å². The van der Waals surface area contributed by atoms with E-state index in [0.29, 0.717) is 13.0 Å². The Kier molecular flexibility index (Phi) is 6.52. The van der Waals surface area contributed by atoms with Gasteiger partial charge in [0.05, 0.1) is 10.5 Å². The fourth-order valence-electron chi connectivity index (χ4n) is 2.45. The first-order valence-electron chi connectivity index (χ1n) is 8.06. The minimum atomic E-state index is -3.57. The smallest absolute Gasteiger partial charge is 0.339 e. The third-order valence-corrected chi connectivity index (χ3v) is 4.97. The van der Waals surface area contributed by atoms with Crippen LogP contribution in [0.2, 0.25) is 0 Å². The fourth-order valence-corrected chi connectivity index (χ4v) is 3.32. The van der Waals surface area contributed by atoms with Crippen molar-refractivity contribution in [2.24, 2.45) is 0 Å². The van der Waals surface area contributed by atoms with E-state index in [0.717, 1.165) is 17.4 Å². The van der Waals surface area contributed by atoms with Crippen molar-refractivity contribution in [2.75, 3.05) is 19.4 Å². The molecule has 0 aliphatic rings. The second kappa shape index (κ2) is 8.62. The lowest BCUT2D eigenvalue weighted by Crippen LogP contribution is -2.30. The molecule has 1 N–H and O–H groups in total. The maximum absolute atomic E-state index is 12.1. The minimum Gasteiger partial charge on any atom is -0.452 e. The van der Waals surface area contributed by atoms with Crippen molar-refractivity contribution in [1.82, 2.24) is 5.32 Å². The lowest BCUT2D eigenvalue weighted by atomic mass is 10.1. The van der Waals surface area contributed by atoms with Crippen LogP contribution in [0, 0.1) is 6.92 Å². The van der Waals surface area contributed by atoms with Gasteiger partial charge < -0.3 is 10.1 Å². The van der Waals surface area contributed by atoms with Crippen molar-refractivity contribution in [3.8, 4) is 0 Å². The molecule has 0 saturated heterocycles. The first kappa shape index (κ1) is 19.7. The standard InChI is InChI=1S/C19H21NO5S/c1-14-7-3-4-8-15(14)11-12-20-18(21)13-25-19(22)16-9-5-6-10-17(16)26(2,23)24/h3-10H,11-13H2,1-2H3,(H,20,21). The molecule has 2 rings (SSSR count). The number of carbonyl (C=O) groups excluding carboxylic acids is 2. The summed E-state index contributed by atoms with van der Waals surface area (Å²) in [4.78, 5) is 23.8. The van der Waals surface area contributed by atoms with Gasteiger partial charge in [-0.25, -0.2) is 13.2 Å². The molecule has 0 heterocycles. The number of benzene rings is 2. The summed E-state index contributed by atoms with van der Waals surface area (Å²) in [7, 11) is -3.57. The number of nitrogens with one attached hydrogen (secondary N) is 1. The summed E-state index contributed by atoms with van der Waals surface area (Å²) in [6, 6.07) is 13.6. The summed E-state index contributed by atoms with van der Waals surface area (Å²) in [5.74, 6) is -1.29. The van der Waals surface area contributed by atoms with Crippen LogP contribution in [0.1, 0.15) is 21.5 Å². The summed E-state index contributed by atoms with van der Waals surface area (Å²) >= 11 is 0. The Morgan fingerprint density at radius 3 is 2.38 bits per heavy atom. The third-order valence-electron chi connectivity index (χ3n) is 3.82. The van der Waals surface area contributed by atoms with Crippen molar-refractivity contribution >= 4 is 21.7 Å². The van der Waals surface area contributed by atoms with Crippen LogP contribution in [-0.4, -0.2) is 39.7 Å². The van der Waals surface area contributed by atoms with Crippen LogP contribution in [0.25, 0.3) is 0 Å². The molecular weight excluding hydrogens is 354 g/mol. The second-order valence-electron chi connectivity index (χ2n) is 5.87. The molecule has 26 heavy (non-hydrogen) atoms. The van der Waals surface area contributed by atoms with Crippen molar-refractivity contribution in [3.63, 3.8) is 0 Å². The van der Waals surface area contributed by atoms with E-state index in [-0.39, 0.29) is 10.5 Å². The molecule has 0 radical (unpaired) electrons. The largest absolute Gasteiger partial charge is 0.452 e. The van der Waals surface area contributed by atoms with Gasteiger partial charge in [0, 0.05) is 12.8 Å². The quantitative estimate of drug-likeness (QED) is 0.747. The normalized spacial score (nSPS) is 11.0. The Labute approximate surface area is 153 Å². The van der Waals surface area contributed by atoms with Crippen LogP contribution in [-0.2, 0) is 25.8 Å². The van der Waals surface area contributed by atoms with Crippen LogP contribution in [0.4, 0.5) is 0 Å². The Morgan fingerprint density at radius 1 is 1.04 bits per heavy atom. The van der Waals surface area contributed by atoms with E-state index in [9.17, 15) is 18.0 Å². The Balaban J connectivity index is 1.86. The number of esters is 1. The van der Waals surface area contributed by atoms with Gasteiger partial charge in [0.15, 0.2) is 16.4 Å². The molecule has 2 aromatic rings. The molecule has 2 aromatic carbocycles. The maximum Gasteiger partial charge on any atom is 0.339 e. The number of ether oxygens (including phenoxy) is 1. The summed E-state index contributed by atoms with van der Waals surface area (Å²) in [5, 5.41) is 2.68. The summed E-state index contributed by atoms with van der Waals surface area (Å²) in [6.07, 6.45) is 1.68. The predicted octanol–water partition coefficient (Wildman–Crippen LogP) is 1.91. The average Bonchev–Trinajstić information content (AvgIpc) is 2.60. The van der Waals surface area contributed by atoms with Crippen LogP contribution >= 0.6 is 0 Å². The number of carbonyl (C=O) groups is 2. The lowest BCUT2D eigenvalue weighted by molar-refractivity contribution is -0.124. The summed E-state index contributed by atoms with van der Waals surface area (Å²) in [5.41, 5.74) is 2.19. The molecule has 0 bridgehead atoms. The van der Waals surface area contributed by atoms with Crippen LogP contribution in [0.5, 0.6) is 0 Å². The average molecular weight is 375 g/mol. The van der Waals surface area contributed by atoms with Gasteiger partial charge in [0.2, 0.25) is 0 Å². The van der Waals surface area contributed by atoms with E-state index >= 15 is 0 Å². The molecule has 0 aromatic heterocycles. The van der Waals surface area contributed by atoms with Gasteiger partial charge in [-0.2, -0.15) is 0 Å². The van der Waals surface area contributed by atoms with Crippen molar-refractivity contribution in [1.29, 1.82) is 0 Å². The Morgan fingerprint density at radius 2 is 1.69 bits per heavy atom. The fraction of sp³-hybridized carbons (Fsp3) is 0.263. The zero-order chi connectivity index (χ0) is 19.2. The van der Waals surface area contributed by atoms with Crippen molar-refractivity contribution in [2.45, 2.75) is 18.2 Å². The van der Waals surface area contributed by atoms with Gasteiger partial charge in [0.1, 0.15) is 0 Å². The highest BCUT2D eigenvalue weighted by Crippen LogP contribution is 2.16. The zero-order valence-electron chi connectivity index (χ0n) is 14.7. The molecule has 7 heteroatoms. The summed E-state index contributed by atoms with van der Waals surface area (Å²) < 4.78 is 28.4.